The molecular formula is C25H22N2O2. The summed E-state index contributed by atoms with van der Waals surface area (Å²) in [5.41, 5.74) is 4.36. The molecule has 4 nitrogen and oxygen atoms in total. The molecular weight excluding hydrogens is 360 g/mol. The van der Waals surface area contributed by atoms with Crippen LogP contribution >= 0.6 is 0 Å². The standard InChI is InChI=1S/C25H22N2O2/c1-17-14-24(28)27-23-15-20(12-13-21(17)23)26-25(29)16-22(18-8-4-2-5-9-18)19-10-6-3-7-11-19/h2-15,22H,16H2,1H3,(H,26,29)(H,27,28). The number of fused-ring (bicyclic) bond motifs is 1. The predicted molar refractivity (Wildman–Crippen MR) is 117 cm³/mol. The molecule has 0 aliphatic carbocycles. The van der Waals surface area contributed by atoms with Gasteiger partial charge in [0, 0.05) is 29.5 Å². The van der Waals surface area contributed by atoms with E-state index in [1.54, 1.807) is 6.07 Å². The van der Waals surface area contributed by atoms with Crippen molar-refractivity contribution in [3.63, 3.8) is 0 Å². The Labute approximate surface area is 169 Å². The van der Waals surface area contributed by atoms with Crippen molar-refractivity contribution < 1.29 is 4.79 Å². The highest BCUT2D eigenvalue weighted by Gasteiger charge is 2.18. The van der Waals surface area contributed by atoms with Gasteiger partial charge in [0.1, 0.15) is 0 Å². The largest absolute Gasteiger partial charge is 0.326 e. The zero-order valence-corrected chi connectivity index (χ0v) is 16.2. The number of nitrogens with one attached hydrogen (secondary N) is 2. The SMILES string of the molecule is Cc1cc(=O)[nH]c2cc(NC(=O)CC(c3ccccc3)c3ccccc3)ccc12. The van der Waals surface area contributed by atoms with Crippen LogP contribution in [0.25, 0.3) is 10.9 Å². The Morgan fingerprint density at radius 1 is 0.897 bits per heavy atom. The number of aromatic amines is 1. The van der Waals surface area contributed by atoms with Crippen molar-refractivity contribution in [3.8, 4) is 0 Å². The first-order valence-electron chi connectivity index (χ1n) is 9.63. The summed E-state index contributed by atoms with van der Waals surface area (Å²) in [6, 6.07) is 27.3. The maximum absolute atomic E-state index is 12.9. The van der Waals surface area contributed by atoms with E-state index in [1.807, 2.05) is 61.5 Å². The molecule has 0 spiro atoms. The quantitative estimate of drug-likeness (QED) is 0.510. The van der Waals surface area contributed by atoms with Crippen LogP contribution in [0, 0.1) is 6.92 Å². The molecule has 1 aromatic heterocycles. The summed E-state index contributed by atoms with van der Waals surface area (Å²) in [7, 11) is 0. The summed E-state index contributed by atoms with van der Waals surface area (Å²) in [4.78, 5) is 27.4. The van der Waals surface area contributed by atoms with Crippen LogP contribution in [0.4, 0.5) is 5.69 Å². The van der Waals surface area contributed by atoms with Gasteiger partial charge in [-0.1, -0.05) is 66.7 Å². The summed E-state index contributed by atoms with van der Waals surface area (Å²) in [5, 5.41) is 3.95. The van der Waals surface area contributed by atoms with E-state index in [2.05, 4.69) is 34.6 Å². The molecule has 0 atom stereocenters. The summed E-state index contributed by atoms with van der Waals surface area (Å²) in [6.07, 6.45) is 0.330. The molecule has 144 valence electrons. The van der Waals surface area contributed by atoms with Gasteiger partial charge in [0.2, 0.25) is 11.5 Å². The number of H-pyrrole nitrogens is 1. The number of carbonyl (C=O) groups excluding carboxylic acids is 1. The Morgan fingerprint density at radius 2 is 1.52 bits per heavy atom. The summed E-state index contributed by atoms with van der Waals surface area (Å²) >= 11 is 0. The number of benzene rings is 3. The molecule has 0 saturated carbocycles. The first kappa shape index (κ1) is 18.7. The fraction of sp³-hybridized carbons (Fsp3) is 0.120. The van der Waals surface area contributed by atoms with Crippen molar-refractivity contribution in [1.82, 2.24) is 4.98 Å². The van der Waals surface area contributed by atoms with Gasteiger partial charge in [0.25, 0.3) is 0 Å². The van der Waals surface area contributed by atoms with Crippen LogP contribution in [0.1, 0.15) is 29.0 Å². The van der Waals surface area contributed by atoms with Crippen molar-refractivity contribution in [3.05, 3.63) is 112 Å². The zero-order chi connectivity index (χ0) is 20.2. The lowest BCUT2D eigenvalue weighted by atomic mass is 9.88. The van der Waals surface area contributed by atoms with Crippen LogP contribution in [0.3, 0.4) is 0 Å². The zero-order valence-electron chi connectivity index (χ0n) is 16.2. The van der Waals surface area contributed by atoms with Crippen LogP contribution in [0.2, 0.25) is 0 Å². The highest BCUT2D eigenvalue weighted by atomic mass is 16.1. The van der Waals surface area contributed by atoms with E-state index in [0.29, 0.717) is 12.1 Å². The Morgan fingerprint density at radius 3 is 2.14 bits per heavy atom. The molecule has 0 saturated heterocycles. The fourth-order valence-electron chi connectivity index (χ4n) is 3.71. The molecule has 0 radical (unpaired) electrons. The number of amides is 1. The van der Waals surface area contributed by atoms with E-state index in [4.69, 9.17) is 0 Å². The molecule has 4 heteroatoms. The highest BCUT2D eigenvalue weighted by molar-refractivity contribution is 5.94. The molecule has 0 fully saturated rings. The summed E-state index contributed by atoms with van der Waals surface area (Å²) < 4.78 is 0. The summed E-state index contributed by atoms with van der Waals surface area (Å²) in [5.74, 6) is -0.100. The Bertz CT molecular complexity index is 1160. The van der Waals surface area contributed by atoms with Crippen LogP contribution in [-0.2, 0) is 4.79 Å². The van der Waals surface area contributed by atoms with Gasteiger partial charge >= 0.3 is 0 Å². The molecule has 0 unspecified atom stereocenters. The molecule has 29 heavy (non-hydrogen) atoms. The van der Waals surface area contributed by atoms with E-state index in [0.717, 1.165) is 27.6 Å². The second kappa shape index (κ2) is 8.15. The topological polar surface area (TPSA) is 62.0 Å². The Kier molecular flexibility index (Phi) is 5.25. The molecule has 3 aromatic carbocycles. The number of anilines is 1. The third-order valence-electron chi connectivity index (χ3n) is 5.13. The first-order valence-corrected chi connectivity index (χ1v) is 9.63. The number of hydrogen-bond donors (Lipinski definition) is 2. The number of rotatable bonds is 5. The Balaban J connectivity index is 1.58. The van der Waals surface area contributed by atoms with Crippen LogP contribution < -0.4 is 10.9 Å². The molecule has 2 N–H and O–H groups in total. The third-order valence-corrected chi connectivity index (χ3v) is 5.13. The second-order valence-electron chi connectivity index (χ2n) is 7.20. The van der Waals surface area contributed by atoms with Gasteiger partial charge in [0.15, 0.2) is 0 Å². The number of carbonyl (C=O) groups is 1. The van der Waals surface area contributed by atoms with E-state index in [1.165, 1.54) is 0 Å². The van der Waals surface area contributed by atoms with Crippen LogP contribution in [0.5, 0.6) is 0 Å². The van der Waals surface area contributed by atoms with E-state index in [-0.39, 0.29) is 17.4 Å². The minimum absolute atomic E-state index is 0.0279. The van der Waals surface area contributed by atoms with E-state index in [9.17, 15) is 9.59 Å². The van der Waals surface area contributed by atoms with Gasteiger partial charge in [-0.15, -0.1) is 0 Å². The highest BCUT2D eigenvalue weighted by Crippen LogP contribution is 2.28. The average molecular weight is 382 g/mol. The molecule has 0 aliphatic heterocycles. The first-order chi connectivity index (χ1) is 14.1. The van der Waals surface area contributed by atoms with E-state index >= 15 is 0 Å². The molecule has 4 rings (SSSR count). The number of pyridine rings is 1. The molecule has 1 amide bonds. The van der Waals surface area contributed by atoms with Gasteiger partial charge in [-0.25, -0.2) is 0 Å². The minimum atomic E-state index is -0.147. The van der Waals surface area contributed by atoms with Crippen LogP contribution in [-0.4, -0.2) is 10.9 Å². The van der Waals surface area contributed by atoms with Crippen molar-refractivity contribution in [2.45, 2.75) is 19.3 Å². The summed E-state index contributed by atoms with van der Waals surface area (Å²) in [6.45, 7) is 1.90. The normalized spacial score (nSPS) is 11.0. The maximum Gasteiger partial charge on any atom is 0.248 e. The maximum atomic E-state index is 12.9. The van der Waals surface area contributed by atoms with Crippen LogP contribution in [0.15, 0.2) is 89.7 Å². The minimum Gasteiger partial charge on any atom is -0.326 e. The monoisotopic (exact) mass is 382 g/mol. The number of aryl methyl sites for hydroxylation is 1. The van der Waals surface area contributed by atoms with Crippen molar-refractivity contribution >= 4 is 22.5 Å². The third kappa shape index (κ3) is 4.27. The lowest BCUT2D eigenvalue weighted by Crippen LogP contribution is -2.16. The van der Waals surface area contributed by atoms with Crippen molar-refractivity contribution in [2.75, 3.05) is 5.32 Å². The molecule has 4 aromatic rings. The number of hydrogen-bond acceptors (Lipinski definition) is 2. The van der Waals surface area contributed by atoms with Crippen molar-refractivity contribution in [2.24, 2.45) is 0 Å². The van der Waals surface area contributed by atoms with Crippen molar-refractivity contribution in [1.29, 1.82) is 0 Å². The van der Waals surface area contributed by atoms with Gasteiger partial charge in [-0.2, -0.15) is 0 Å². The molecule has 1 heterocycles. The molecule has 0 bridgehead atoms. The number of aromatic nitrogens is 1. The van der Waals surface area contributed by atoms with Gasteiger partial charge in [0.05, 0.1) is 5.52 Å². The lowest BCUT2D eigenvalue weighted by molar-refractivity contribution is -0.116. The second-order valence-corrected chi connectivity index (χ2v) is 7.20. The lowest BCUT2D eigenvalue weighted by Gasteiger charge is -2.18. The molecule has 0 aliphatic rings. The average Bonchev–Trinajstić information content (AvgIpc) is 2.73. The Hall–Kier alpha value is -3.66. The smallest absolute Gasteiger partial charge is 0.248 e. The van der Waals surface area contributed by atoms with Gasteiger partial charge in [-0.3, -0.25) is 9.59 Å². The van der Waals surface area contributed by atoms with Gasteiger partial charge < -0.3 is 10.3 Å². The predicted octanol–water partition coefficient (Wildman–Crippen LogP) is 5.00. The van der Waals surface area contributed by atoms with Gasteiger partial charge in [-0.05, 0) is 35.7 Å². The fourth-order valence-corrected chi connectivity index (χ4v) is 3.71. The van der Waals surface area contributed by atoms with E-state index < -0.39 is 0 Å².